The fourth-order valence-corrected chi connectivity index (χ4v) is 3.80. The van der Waals surface area contributed by atoms with Crippen molar-refractivity contribution in [2.24, 2.45) is 0 Å². The standard InChI is InChI=1S/C20H21F3N4O3/c21-20(22,23)15-6-7-26-17(28)13-16(25-8-10-30-11-9-25)24-19(26)27(15)18(29)12-14-4-2-1-3-5-14/h1-5,13,15H,6-12H2. The zero-order valence-corrected chi connectivity index (χ0v) is 16.1. The number of carbonyl (C=O) groups excluding carboxylic acids is 1. The SMILES string of the molecule is O=C(Cc1ccccc1)N1c2nc(N3CCOCC3)cc(=O)n2CCC1C(F)(F)F. The number of carbonyl (C=O) groups is 1. The van der Waals surface area contributed by atoms with Crippen LogP contribution >= 0.6 is 0 Å². The lowest BCUT2D eigenvalue weighted by Crippen LogP contribution is -2.55. The average Bonchev–Trinajstić information content (AvgIpc) is 2.73. The smallest absolute Gasteiger partial charge is 0.378 e. The lowest BCUT2D eigenvalue weighted by Gasteiger charge is -2.38. The van der Waals surface area contributed by atoms with Gasteiger partial charge in [0.1, 0.15) is 11.9 Å². The summed E-state index contributed by atoms with van der Waals surface area (Å²) in [6.07, 6.45) is -5.25. The quantitative estimate of drug-likeness (QED) is 0.757. The highest BCUT2D eigenvalue weighted by atomic mass is 19.4. The number of aromatic nitrogens is 2. The van der Waals surface area contributed by atoms with Crippen LogP contribution in [0, 0.1) is 0 Å². The molecule has 0 N–H and O–H groups in total. The molecule has 30 heavy (non-hydrogen) atoms. The van der Waals surface area contributed by atoms with Gasteiger partial charge in [0.2, 0.25) is 11.9 Å². The molecule has 2 aliphatic rings. The Morgan fingerprint density at radius 3 is 2.50 bits per heavy atom. The summed E-state index contributed by atoms with van der Waals surface area (Å²) in [7, 11) is 0. The molecule has 1 atom stereocenters. The number of anilines is 2. The molecule has 0 bridgehead atoms. The van der Waals surface area contributed by atoms with Gasteiger partial charge in [-0.25, -0.2) is 0 Å². The molecular formula is C20H21F3N4O3. The van der Waals surface area contributed by atoms with Crippen molar-refractivity contribution in [3.05, 3.63) is 52.3 Å². The van der Waals surface area contributed by atoms with Crippen molar-refractivity contribution in [2.75, 3.05) is 36.1 Å². The molecule has 7 nitrogen and oxygen atoms in total. The highest BCUT2D eigenvalue weighted by Crippen LogP contribution is 2.34. The highest BCUT2D eigenvalue weighted by Gasteiger charge is 2.49. The fourth-order valence-electron chi connectivity index (χ4n) is 3.80. The molecule has 2 aromatic rings. The van der Waals surface area contributed by atoms with Gasteiger partial charge in [0, 0.05) is 25.7 Å². The van der Waals surface area contributed by atoms with Crippen LogP contribution in [0.4, 0.5) is 24.9 Å². The Labute approximate surface area is 170 Å². The Morgan fingerprint density at radius 1 is 1.13 bits per heavy atom. The first kappa shape index (κ1) is 20.4. The predicted molar refractivity (Wildman–Crippen MR) is 104 cm³/mol. The second-order valence-electron chi connectivity index (χ2n) is 7.28. The lowest BCUT2D eigenvalue weighted by atomic mass is 10.1. The number of ether oxygens (including phenoxy) is 1. The van der Waals surface area contributed by atoms with Gasteiger partial charge in [-0.3, -0.25) is 19.1 Å². The molecule has 1 unspecified atom stereocenters. The second kappa shape index (κ2) is 8.10. The molecule has 160 valence electrons. The maximum Gasteiger partial charge on any atom is 0.409 e. The maximum atomic E-state index is 13.8. The minimum absolute atomic E-state index is 0.149. The van der Waals surface area contributed by atoms with Gasteiger partial charge < -0.3 is 9.64 Å². The topological polar surface area (TPSA) is 67.7 Å². The number of nitrogens with zero attached hydrogens (tertiary/aromatic N) is 4. The van der Waals surface area contributed by atoms with E-state index in [1.165, 1.54) is 6.07 Å². The van der Waals surface area contributed by atoms with Gasteiger partial charge in [-0.05, 0) is 12.0 Å². The number of rotatable bonds is 3. The number of morpholine rings is 1. The van der Waals surface area contributed by atoms with E-state index >= 15 is 0 Å². The summed E-state index contributed by atoms with van der Waals surface area (Å²) in [4.78, 5) is 32.5. The number of alkyl halides is 3. The monoisotopic (exact) mass is 422 g/mol. The largest absolute Gasteiger partial charge is 0.409 e. The molecule has 1 fully saturated rings. The van der Waals surface area contributed by atoms with E-state index < -0.39 is 30.1 Å². The Kier molecular flexibility index (Phi) is 5.50. The third-order valence-electron chi connectivity index (χ3n) is 5.31. The third-order valence-corrected chi connectivity index (χ3v) is 5.31. The van der Waals surface area contributed by atoms with E-state index in [1.807, 2.05) is 0 Å². The number of fused-ring (bicyclic) bond motifs is 1. The van der Waals surface area contributed by atoms with Crippen LogP contribution in [0.25, 0.3) is 0 Å². The van der Waals surface area contributed by atoms with Crippen LogP contribution in [0.1, 0.15) is 12.0 Å². The van der Waals surface area contributed by atoms with Crippen molar-refractivity contribution in [1.29, 1.82) is 0 Å². The van der Waals surface area contributed by atoms with Crippen LogP contribution in [0.3, 0.4) is 0 Å². The molecule has 0 saturated carbocycles. The summed E-state index contributed by atoms with van der Waals surface area (Å²) in [5.41, 5.74) is 0.117. The number of amides is 1. The van der Waals surface area contributed by atoms with E-state index in [9.17, 15) is 22.8 Å². The number of benzene rings is 1. The van der Waals surface area contributed by atoms with Gasteiger partial charge in [0.15, 0.2) is 0 Å². The van der Waals surface area contributed by atoms with Crippen molar-refractivity contribution in [2.45, 2.75) is 31.6 Å². The van der Waals surface area contributed by atoms with Crippen LogP contribution in [-0.2, 0) is 22.5 Å². The van der Waals surface area contributed by atoms with Crippen LogP contribution in [-0.4, -0.2) is 54.0 Å². The molecule has 1 amide bonds. The Bertz CT molecular complexity index is 971. The Morgan fingerprint density at radius 2 is 1.83 bits per heavy atom. The maximum absolute atomic E-state index is 13.8. The predicted octanol–water partition coefficient (Wildman–Crippen LogP) is 1.99. The second-order valence-corrected chi connectivity index (χ2v) is 7.28. The minimum atomic E-state index is -4.63. The summed E-state index contributed by atoms with van der Waals surface area (Å²) in [5, 5.41) is 0. The van der Waals surface area contributed by atoms with E-state index in [0.717, 1.165) is 4.57 Å². The summed E-state index contributed by atoms with van der Waals surface area (Å²) in [6.45, 7) is 1.65. The molecular weight excluding hydrogens is 401 g/mol. The van der Waals surface area contributed by atoms with Gasteiger partial charge in [0.05, 0.1) is 19.6 Å². The normalized spacial score (nSPS) is 19.5. The third kappa shape index (κ3) is 4.04. The highest BCUT2D eigenvalue weighted by molar-refractivity contribution is 5.94. The van der Waals surface area contributed by atoms with Gasteiger partial charge in [-0.2, -0.15) is 18.2 Å². The molecule has 1 saturated heterocycles. The molecule has 4 rings (SSSR count). The molecule has 2 aliphatic heterocycles. The van der Waals surface area contributed by atoms with Crippen molar-refractivity contribution in [3.63, 3.8) is 0 Å². The zero-order valence-electron chi connectivity index (χ0n) is 16.1. The molecule has 10 heteroatoms. The Hall–Kier alpha value is -2.88. The fraction of sp³-hybridized carbons (Fsp3) is 0.450. The van der Waals surface area contributed by atoms with E-state index in [0.29, 0.717) is 36.8 Å². The molecule has 3 heterocycles. The number of halogens is 3. The van der Waals surface area contributed by atoms with E-state index in [1.54, 1.807) is 35.2 Å². The summed E-state index contributed by atoms with van der Waals surface area (Å²) < 4.78 is 47.8. The summed E-state index contributed by atoms with van der Waals surface area (Å²) in [6, 6.07) is 7.83. The van der Waals surface area contributed by atoms with Crippen molar-refractivity contribution in [3.8, 4) is 0 Å². The van der Waals surface area contributed by atoms with Crippen LogP contribution in [0.2, 0.25) is 0 Å². The first-order valence-corrected chi connectivity index (χ1v) is 9.72. The molecule has 1 aromatic carbocycles. The van der Waals surface area contributed by atoms with Crippen LogP contribution in [0.15, 0.2) is 41.2 Å². The number of hydrogen-bond donors (Lipinski definition) is 0. The lowest BCUT2D eigenvalue weighted by molar-refractivity contribution is -0.157. The van der Waals surface area contributed by atoms with E-state index in [2.05, 4.69) is 4.98 Å². The van der Waals surface area contributed by atoms with E-state index in [-0.39, 0.29) is 24.7 Å². The molecule has 1 aromatic heterocycles. The Balaban J connectivity index is 1.76. The molecule has 0 spiro atoms. The molecule has 0 aliphatic carbocycles. The van der Waals surface area contributed by atoms with Crippen molar-refractivity contribution >= 4 is 17.7 Å². The van der Waals surface area contributed by atoms with Crippen LogP contribution in [0.5, 0.6) is 0 Å². The van der Waals surface area contributed by atoms with Crippen LogP contribution < -0.4 is 15.4 Å². The van der Waals surface area contributed by atoms with Crippen molar-refractivity contribution < 1.29 is 22.7 Å². The van der Waals surface area contributed by atoms with Crippen molar-refractivity contribution in [1.82, 2.24) is 9.55 Å². The average molecular weight is 422 g/mol. The minimum Gasteiger partial charge on any atom is -0.378 e. The zero-order chi connectivity index (χ0) is 21.3. The van der Waals surface area contributed by atoms with Gasteiger partial charge in [-0.1, -0.05) is 30.3 Å². The van der Waals surface area contributed by atoms with Gasteiger partial charge in [-0.15, -0.1) is 0 Å². The van der Waals surface area contributed by atoms with E-state index in [4.69, 9.17) is 4.74 Å². The van der Waals surface area contributed by atoms with Gasteiger partial charge >= 0.3 is 6.18 Å². The summed E-state index contributed by atoms with van der Waals surface area (Å²) in [5.74, 6) is -0.739. The first-order valence-electron chi connectivity index (χ1n) is 9.72. The first-order chi connectivity index (χ1) is 14.3. The number of hydrogen-bond acceptors (Lipinski definition) is 5. The molecule has 0 radical (unpaired) electrons. The van der Waals surface area contributed by atoms with Gasteiger partial charge in [0.25, 0.3) is 5.56 Å². The summed E-state index contributed by atoms with van der Waals surface area (Å²) >= 11 is 0.